The summed E-state index contributed by atoms with van der Waals surface area (Å²) in [6.45, 7) is 0. The maximum absolute atomic E-state index is 11.9. The van der Waals surface area contributed by atoms with Crippen LogP contribution in [0.25, 0.3) is 6.08 Å². The maximum atomic E-state index is 11.9. The lowest BCUT2D eigenvalue weighted by molar-refractivity contribution is -0.384. The van der Waals surface area contributed by atoms with Crippen LogP contribution in [0.15, 0.2) is 47.1 Å². The first-order chi connectivity index (χ1) is 11.4. The van der Waals surface area contributed by atoms with Crippen molar-refractivity contribution in [1.29, 1.82) is 0 Å². The lowest BCUT2D eigenvalue weighted by atomic mass is 10.2. The lowest BCUT2D eigenvalue weighted by Crippen LogP contribution is -2.41. The summed E-state index contributed by atoms with van der Waals surface area (Å²) < 4.78 is 2.34. The Hall–Kier alpha value is -2.94. The van der Waals surface area contributed by atoms with E-state index in [9.17, 15) is 19.7 Å². The van der Waals surface area contributed by atoms with Crippen molar-refractivity contribution in [3.63, 3.8) is 0 Å². The van der Waals surface area contributed by atoms with E-state index in [0.717, 1.165) is 4.47 Å². The number of rotatable bonds is 4. The maximum Gasteiger partial charge on any atom is 0.286 e. The van der Waals surface area contributed by atoms with Crippen LogP contribution in [-0.4, -0.2) is 21.3 Å². The van der Waals surface area contributed by atoms with Crippen LogP contribution in [0.1, 0.15) is 16.1 Å². The highest BCUT2D eigenvalue weighted by atomic mass is 79.9. The Bertz CT molecular complexity index is 829. The number of nitro benzene ring substituents is 1. The van der Waals surface area contributed by atoms with Crippen LogP contribution < -0.4 is 10.9 Å². The van der Waals surface area contributed by atoms with E-state index in [0.29, 0.717) is 11.3 Å². The molecule has 1 aromatic heterocycles. The molecule has 0 saturated carbocycles. The molecule has 9 heteroatoms. The third kappa shape index (κ3) is 4.53. The van der Waals surface area contributed by atoms with Crippen molar-refractivity contribution >= 4 is 39.5 Å². The van der Waals surface area contributed by atoms with Gasteiger partial charge in [-0.05, 0) is 33.6 Å². The zero-order chi connectivity index (χ0) is 17.7. The zero-order valence-corrected chi connectivity index (χ0v) is 14.1. The fourth-order valence-corrected chi connectivity index (χ4v) is 2.41. The molecule has 0 atom stereocenters. The van der Waals surface area contributed by atoms with Crippen LogP contribution in [-0.2, 0) is 11.8 Å². The quantitative estimate of drug-likeness (QED) is 0.472. The van der Waals surface area contributed by atoms with Gasteiger partial charge in [0.15, 0.2) is 0 Å². The average Bonchev–Trinajstić information content (AvgIpc) is 2.89. The summed E-state index contributed by atoms with van der Waals surface area (Å²) in [5.74, 6) is -1.04. The summed E-state index contributed by atoms with van der Waals surface area (Å²) in [7, 11) is 1.70. The fraction of sp³-hybridized carbons (Fsp3) is 0.0667. The molecule has 124 valence electrons. The highest BCUT2D eigenvalue weighted by Gasteiger charge is 2.11. The van der Waals surface area contributed by atoms with E-state index >= 15 is 0 Å². The number of aromatic nitrogens is 1. The molecule has 0 saturated heterocycles. The number of halogens is 1. The van der Waals surface area contributed by atoms with Gasteiger partial charge in [0.1, 0.15) is 5.69 Å². The number of aryl methyl sites for hydroxylation is 1. The normalized spacial score (nSPS) is 10.6. The molecule has 1 heterocycles. The van der Waals surface area contributed by atoms with Gasteiger partial charge < -0.3 is 4.57 Å². The summed E-state index contributed by atoms with van der Waals surface area (Å²) in [6.07, 6.45) is 4.28. The average molecular weight is 393 g/mol. The molecule has 2 aromatic rings. The molecule has 0 aliphatic rings. The number of carbonyl (C=O) groups is 2. The minimum absolute atomic E-state index is 0.0693. The molecule has 0 unspecified atom stereocenters. The second-order valence-corrected chi connectivity index (χ2v) is 5.70. The van der Waals surface area contributed by atoms with Crippen molar-refractivity contribution in [3.8, 4) is 0 Å². The molecular formula is C15H13BrN4O4. The van der Waals surface area contributed by atoms with Crippen LogP contribution in [0.3, 0.4) is 0 Å². The highest BCUT2D eigenvalue weighted by molar-refractivity contribution is 9.10. The minimum atomic E-state index is -0.567. The standard InChI is InChI=1S/C15H13BrN4O4/c1-19-9-11(16)8-13(19)15(22)18-17-14(21)6-5-10-3-2-4-12(7-10)20(23)24/h2-9H,1H3,(H,17,21)(H,18,22)/b6-5+. The summed E-state index contributed by atoms with van der Waals surface area (Å²) in [6, 6.07) is 7.45. The Morgan fingerprint density at radius 2 is 2.04 bits per heavy atom. The van der Waals surface area contributed by atoms with Crippen LogP contribution in [0.2, 0.25) is 0 Å². The first-order valence-electron chi connectivity index (χ1n) is 6.71. The first kappa shape index (κ1) is 17.4. The van der Waals surface area contributed by atoms with Crippen LogP contribution in [0.5, 0.6) is 0 Å². The van der Waals surface area contributed by atoms with Crippen molar-refractivity contribution in [2.75, 3.05) is 0 Å². The monoisotopic (exact) mass is 392 g/mol. The van der Waals surface area contributed by atoms with Crippen LogP contribution in [0, 0.1) is 10.1 Å². The smallest absolute Gasteiger partial charge is 0.286 e. The Morgan fingerprint density at radius 1 is 1.29 bits per heavy atom. The molecule has 8 nitrogen and oxygen atoms in total. The van der Waals surface area contributed by atoms with Gasteiger partial charge in [0.05, 0.1) is 4.92 Å². The molecule has 0 aliphatic carbocycles. The second-order valence-electron chi connectivity index (χ2n) is 4.78. The summed E-state index contributed by atoms with van der Waals surface area (Å²) >= 11 is 3.25. The number of hydrogen-bond donors (Lipinski definition) is 2. The van der Waals surface area contributed by atoms with E-state index in [1.807, 2.05) is 0 Å². The van der Waals surface area contributed by atoms with E-state index in [1.54, 1.807) is 29.9 Å². The number of carbonyl (C=O) groups excluding carboxylic acids is 2. The number of nitrogens with one attached hydrogen (secondary N) is 2. The summed E-state index contributed by atoms with van der Waals surface area (Å²) in [5.41, 5.74) is 5.31. The van der Waals surface area contributed by atoms with Gasteiger partial charge in [-0.3, -0.25) is 30.6 Å². The Labute approximate surface area is 145 Å². The minimum Gasteiger partial charge on any atom is -0.345 e. The van der Waals surface area contributed by atoms with Gasteiger partial charge in [-0.15, -0.1) is 0 Å². The topological polar surface area (TPSA) is 106 Å². The van der Waals surface area contributed by atoms with Gasteiger partial charge in [0.25, 0.3) is 17.5 Å². The zero-order valence-electron chi connectivity index (χ0n) is 12.5. The molecule has 2 amide bonds. The predicted octanol–water partition coefficient (Wildman–Crippen LogP) is 2.17. The molecule has 2 N–H and O–H groups in total. The largest absolute Gasteiger partial charge is 0.345 e. The van der Waals surface area contributed by atoms with Gasteiger partial charge in [-0.1, -0.05) is 12.1 Å². The van der Waals surface area contributed by atoms with Gasteiger partial charge >= 0.3 is 0 Å². The van der Waals surface area contributed by atoms with Crippen molar-refractivity contribution in [1.82, 2.24) is 15.4 Å². The number of non-ortho nitro benzene ring substituents is 1. The number of nitrogens with zero attached hydrogens (tertiary/aromatic N) is 2. The number of nitro groups is 1. The van der Waals surface area contributed by atoms with Crippen LogP contribution in [0.4, 0.5) is 5.69 Å². The Kier molecular flexibility index (Phi) is 5.48. The molecule has 0 spiro atoms. The molecule has 0 radical (unpaired) electrons. The van der Waals surface area contributed by atoms with E-state index in [-0.39, 0.29) is 5.69 Å². The Balaban J connectivity index is 1.93. The summed E-state index contributed by atoms with van der Waals surface area (Å²) in [4.78, 5) is 33.8. The van der Waals surface area contributed by atoms with E-state index in [4.69, 9.17) is 0 Å². The van der Waals surface area contributed by atoms with E-state index < -0.39 is 16.7 Å². The van der Waals surface area contributed by atoms with Crippen molar-refractivity contribution < 1.29 is 14.5 Å². The molecule has 1 aromatic carbocycles. The highest BCUT2D eigenvalue weighted by Crippen LogP contribution is 2.14. The Morgan fingerprint density at radius 3 is 2.67 bits per heavy atom. The number of hydrogen-bond acceptors (Lipinski definition) is 4. The van der Waals surface area contributed by atoms with Gasteiger partial charge in [-0.25, -0.2) is 0 Å². The van der Waals surface area contributed by atoms with Crippen molar-refractivity contribution in [2.24, 2.45) is 7.05 Å². The third-order valence-electron chi connectivity index (χ3n) is 3.01. The molecule has 2 rings (SSSR count). The fourth-order valence-electron chi connectivity index (χ4n) is 1.89. The molecule has 0 aliphatic heterocycles. The molecule has 0 bridgehead atoms. The first-order valence-corrected chi connectivity index (χ1v) is 7.51. The predicted molar refractivity (Wildman–Crippen MR) is 90.9 cm³/mol. The van der Waals surface area contributed by atoms with Gasteiger partial charge in [0.2, 0.25) is 0 Å². The number of benzene rings is 1. The van der Waals surface area contributed by atoms with E-state index in [1.165, 1.54) is 30.4 Å². The number of hydrazine groups is 1. The van der Waals surface area contributed by atoms with Crippen molar-refractivity contribution in [2.45, 2.75) is 0 Å². The van der Waals surface area contributed by atoms with Gasteiger partial charge in [-0.2, -0.15) is 0 Å². The van der Waals surface area contributed by atoms with Crippen LogP contribution >= 0.6 is 15.9 Å². The molecule has 0 fully saturated rings. The third-order valence-corrected chi connectivity index (χ3v) is 3.45. The summed E-state index contributed by atoms with van der Waals surface area (Å²) in [5, 5.41) is 10.7. The van der Waals surface area contributed by atoms with Gasteiger partial charge in [0, 0.05) is 35.9 Å². The van der Waals surface area contributed by atoms with E-state index in [2.05, 4.69) is 26.8 Å². The second kappa shape index (κ2) is 7.55. The molecular weight excluding hydrogens is 380 g/mol. The van der Waals surface area contributed by atoms with Crippen molar-refractivity contribution in [3.05, 3.63) is 68.4 Å². The SMILES string of the molecule is Cn1cc(Br)cc1C(=O)NNC(=O)/C=C/c1cccc([N+](=O)[O-])c1. The lowest BCUT2D eigenvalue weighted by Gasteiger charge is -2.05. The number of amides is 2. The molecule has 24 heavy (non-hydrogen) atoms.